The molecular weight excluding hydrogens is 296 g/mol. The van der Waals surface area contributed by atoms with E-state index in [1.807, 2.05) is 0 Å². The summed E-state index contributed by atoms with van der Waals surface area (Å²) in [6, 6.07) is 7.13. The third-order valence-corrected chi connectivity index (χ3v) is 4.05. The number of carbonyl (C=O) groups excluding carboxylic acids is 1. The van der Waals surface area contributed by atoms with Crippen LogP contribution in [-0.4, -0.2) is 52.4 Å². The van der Waals surface area contributed by atoms with Gasteiger partial charge >= 0.3 is 6.09 Å². The number of hydrogen-bond acceptors (Lipinski definition) is 5. The number of nitrogens with one attached hydrogen (secondary N) is 1. The monoisotopic (exact) mass is 316 g/mol. The van der Waals surface area contributed by atoms with E-state index in [0.717, 1.165) is 11.8 Å². The molecular formula is C13H20N2O5S. The largest absolute Gasteiger partial charge is 0.497 e. The van der Waals surface area contributed by atoms with Crippen molar-refractivity contribution in [3.63, 3.8) is 0 Å². The van der Waals surface area contributed by atoms with Crippen molar-refractivity contribution in [2.75, 3.05) is 33.6 Å². The fourth-order valence-electron chi connectivity index (χ4n) is 1.65. The number of ether oxygens (including phenoxy) is 2. The fraction of sp³-hybridized carbons (Fsp3) is 0.462. The van der Waals surface area contributed by atoms with Gasteiger partial charge in [-0.3, -0.25) is 0 Å². The van der Waals surface area contributed by atoms with E-state index in [0.29, 0.717) is 5.75 Å². The lowest BCUT2D eigenvalue weighted by atomic mass is 10.2. The molecule has 8 heteroatoms. The Morgan fingerprint density at radius 2 is 1.86 bits per heavy atom. The van der Waals surface area contributed by atoms with Gasteiger partial charge in [0.15, 0.2) is 0 Å². The predicted molar refractivity (Wildman–Crippen MR) is 78.7 cm³/mol. The summed E-state index contributed by atoms with van der Waals surface area (Å²) in [6.07, 6.45) is 0.544. The summed E-state index contributed by atoms with van der Waals surface area (Å²) in [7, 11) is -0.557. The van der Waals surface area contributed by atoms with E-state index >= 15 is 0 Å². The Hall–Kier alpha value is -1.80. The number of benzene rings is 1. The van der Waals surface area contributed by atoms with Crippen molar-refractivity contribution in [1.29, 1.82) is 0 Å². The lowest BCUT2D eigenvalue weighted by molar-refractivity contribution is 0.170. The van der Waals surface area contributed by atoms with E-state index < -0.39 is 16.1 Å². The van der Waals surface area contributed by atoms with Crippen LogP contribution in [0.1, 0.15) is 5.56 Å². The number of amides is 1. The maximum Gasteiger partial charge on any atom is 0.406 e. The van der Waals surface area contributed by atoms with Gasteiger partial charge in [-0.15, -0.1) is 0 Å². The second-order valence-corrected chi connectivity index (χ2v) is 6.35. The number of carbonyl (C=O) groups is 1. The van der Waals surface area contributed by atoms with Gasteiger partial charge in [-0.1, -0.05) is 12.1 Å². The van der Waals surface area contributed by atoms with Crippen molar-refractivity contribution in [3.8, 4) is 5.75 Å². The quantitative estimate of drug-likeness (QED) is 0.805. The van der Waals surface area contributed by atoms with Gasteiger partial charge in [0.05, 0.1) is 20.5 Å². The fourth-order valence-corrected chi connectivity index (χ4v) is 2.46. The minimum atomic E-state index is -3.37. The molecule has 1 amide bonds. The summed E-state index contributed by atoms with van der Waals surface area (Å²) in [5, 5.41) is 2.45. The van der Waals surface area contributed by atoms with Gasteiger partial charge in [-0.2, -0.15) is 4.31 Å². The molecule has 0 unspecified atom stereocenters. The second kappa shape index (κ2) is 7.84. The Morgan fingerprint density at radius 3 is 2.33 bits per heavy atom. The van der Waals surface area contributed by atoms with Crippen molar-refractivity contribution in [3.05, 3.63) is 29.8 Å². The summed E-state index contributed by atoms with van der Waals surface area (Å²) in [5.74, 6) is 0.706. The van der Waals surface area contributed by atoms with Gasteiger partial charge < -0.3 is 14.8 Å². The highest BCUT2D eigenvalue weighted by atomic mass is 32.2. The summed E-state index contributed by atoms with van der Waals surface area (Å²) in [6.45, 7) is 0.571. The van der Waals surface area contributed by atoms with Crippen LogP contribution >= 0.6 is 0 Å². The molecule has 0 atom stereocenters. The van der Waals surface area contributed by atoms with Crippen LogP contribution in [0.15, 0.2) is 24.3 Å². The number of rotatable bonds is 7. The first kappa shape index (κ1) is 17.3. The molecule has 7 nitrogen and oxygen atoms in total. The lowest BCUT2D eigenvalue weighted by Crippen LogP contribution is -2.37. The summed E-state index contributed by atoms with van der Waals surface area (Å²) in [5.41, 5.74) is 0.833. The SMILES string of the molecule is COC(=O)NCCN(Cc1ccc(OC)cc1)S(C)(=O)=O. The predicted octanol–water partition coefficient (Wildman–Crippen LogP) is 0.813. The summed E-state index contributed by atoms with van der Waals surface area (Å²) < 4.78 is 34.3. The molecule has 0 heterocycles. The number of alkyl carbamates (subject to hydrolysis) is 1. The molecule has 0 spiro atoms. The molecule has 21 heavy (non-hydrogen) atoms. The maximum absolute atomic E-state index is 11.8. The van der Waals surface area contributed by atoms with E-state index in [-0.39, 0.29) is 19.6 Å². The molecule has 0 bridgehead atoms. The van der Waals surface area contributed by atoms with Crippen LogP contribution in [0.2, 0.25) is 0 Å². The molecule has 1 aromatic carbocycles. The molecule has 1 N–H and O–H groups in total. The number of nitrogens with zero attached hydrogens (tertiary/aromatic N) is 1. The van der Waals surface area contributed by atoms with Crippen LogP contribution in [0.25, 0.3) is 0 Å². The summed E-state index contributed by atoms with van der Waals surface area (Å²) >= 11 is 0. The van der Waals surface area contributed by atoms with Crippen molar-refractivity contribution >= 4 is 16.1 Å². The van der Waals surface area contributed by atoms with Crippen molar-refractivity contribution in [1.82, 2.24) is 9.62 Å². The lowest BCUT2D eigenvalue weighted by Gasteiger charge is -2.20. The van der Waals surface area contributed by atoms with E-state index in [1.165, 1.54) is 11.4 Å². The van der Waals surface area contributed by atoms with Gasteiger partial charge in [0, 0.05) is 19.6 Å². The number of sulfonamides is 1. The minimum Gasteiger partial charge on any atom is -0.497 e. The molecule has 1 rings (SSSR count). The van der Waals surface area contributed by atoms with E-state index in [4.69, 9.17) is 4.74 Å². The van der Waals surface area contributed by atoms with Gasteiger partial charge in [0.25, 0.3) is 0 Å². The molecule has 0 radical (unpaired) electrons. The Balaban J connectivity index is 2.67. The standard InChI is InChI=1S/C13H20N2O5S/c1-19-12-6-4-11(5-7-12)10-15(21(3,17)18)9-8-14-13(16)20-2/h4-7H,8-10H2,1-3H3,(H,14,16). The van der Waals surface area contributed by atoms with E-state index in [1.54, 1.807) is 31.4 Å². The molecule has 0 aliphatic rings. The van der Waals surface area contributed by atoms with Crippen molar-refractivity contribution in [2.24, 2.45) is 0 Å². The number of methoxy groups -OCH3 is 2. The number of hydrogen-bond donors (Lipinski definition) is 1. The van der Waals surface area contributed by atoms with Gasteiger partial charge in [0.1, 0.15) is 5.75 Å². The van der Waals surface area contributed by atoms with Gasteiger partial charge in [0.2, 0.25) is 10.0 Å². The minimum absolute atomic E-state index is 0.167. The van der Waals surface area contributed by atoms with Crippen LogP contribution in [0.5, 0.6) is 5.75 Å². The van der Waals surface area contributed by atoms with Crippen LogP contribution in [0.4, 0.5) is 4.79 Å². The molecule has 0 aromatic heterocycles. The molecule has 0 aliphatic carbocycles. The molecule has 1 aromatic rings. The van der Waals surface area contributed by atoms with Crippen LogP contribution in [-0.2, 0) is 21.3 Å². The van der Waals surface area contributed by atoms with Crippen molar-refractivity contribution < 1.29 is 22.7 Å². The Bertz CT molecular complexity index is 556. The van der Waals surface area contributed by atoms with Gasteiger partial charge in [-0.25, -0.2) is 13.2 Å². The normalized spacial score (nSPS) is 11.2. The molecule has 118 valence electrons. The molecule has 0 aliphatic heterocycles. The Kier molecular flexibility index (Phi) is 6.44. The smallest absolute Gasteiger partial charge is 0.406 e. The molecule has 0 saturated carbocycles. The highest BCUT2D eigenvalue weighted by Gasteiger charge is 2.17. The van der Waals surface area contributed by atoms with Crippen LogP contribution in [0, 0.1) is 0 Å². The second-order valence-electron chi connectivity index (χ2n) is 4.36. The molecule has 0 saturated heterocycles. The highest BCUT2D eigenvalue weighted by molar-refractivity contribution is 7.88. The zero-order chi connectivity index (χ0) is 15.9. The topological polar surface area (TPSA) is 84.9 Å². The Labute approximate surface area is 124 Å². The third-order valence-electron chi connectivity index (χ3n) is 2.80. The van der Waals surface area contributed by atoms with Crippen LogP contribution < -0.4 is 10.1 Å². The highest BCUT2D eigenvalue weighted by Crippen LogP contribution is 2.14. The van der Waals surface area contributed by atoms with E-state index in [2.05, 4.69) is 10.1 Å². The average Bonchev–Trinajstić information content (AvgIpc) is 2.45. The summed E-state index contributed by atoms with van der Waals surface area (Å²) in [4.78, 5) is 11.0. The molecule has 0 fully saturated rings. The van der Waals surface area contributed by atoms with Crippen LogP contribution in [0.3, 0.4) is 0 Å². The zero-order valence-corrected chi connectivity index (χ0v) is 13.1. The van der Waals surface area contributed by atoms with Crippen molar-refractivity contribution in [2.45, 2.75) is 6.54 Å². The Morgan fingerprint density at radius 1 is 1.24 bits per heavy atom. The van der Waals surface area contributed by atoms with E-state index in [9.17, 15) is 13.2 Å². The maximum atomic E-state index is 11.8. The first-order valence-corrected chi connectivity index (χ1v) is 8.11. The van der Waals surface area contributed by atoms with Gasteiger partial charge in [-0.05, 0) is 17.7 Å². The zero-order valence-electron chi connectivity index (χ0n) is 12.3. The first-order valence-electron chi connectivity index (χ1n) is 6.26. The third kappa shape index (κ3) is 6.01. The first-order chi connectivity index (χ1) is 9.86. The average molecular weight is 316 g/mol.